The predicted octanol–water partition coefficient (Wildman–Crippen LogP) is 4.90. The average molecular weight is 527 g/mol. The van der Waals surface area contributed by atoms with E-state index in [1.165, 1.54) is 5.56 Å². The van der Waals surface area contributed by atoms with Crippen molar-refractivity contribution < 1.29 is 19.0 Å². The average Bonchev–Trinajstić information content (AvgIpc) is 3.41. The molecule has 1 amide bonds. The van der Waals surface area contributed by atoms with Crippen LogP contribution in [0.4, 0.5) is 11.6 Å². The Hall–Kier alpha value is -4.86. The second kappa shape index (κ2) is 11.3. The molecule has 0 fully saturated rings. The van der Waals surface area contributed by atoms with Gasteiger partial charge in [0.05, 0.1) is 25.0 Å². The van der Waals surface area contributed by atoms with Gasteiger partial charge in [0.25, 0.3) is 5.91 Å². The van der Waals surface area contributed by atoms with Crippen molar-refractivity contribution in [3.05, 3.63) is 94.7 Å². The molecular weight excluding hydrogens is 496 g/mol. The van der Waals surface area contributed by atoms with Crippen LogP contribution in [-0.2, 0) is 11.4 Å². The smallest absolute Gasteiger partial charge is 0.255 e. The molecule has 0 saturated heterocycles. The van der Waals surface area contributed by atoms with Gasteiger partial charge in [-0.25, -0.2) is 0 Å². The lowest BCUT2D eigenvalue weighted by atomic mass is 9.94. The molecule has 0 aliphatic carbocycles. The number of fused-ring (bicyclic) bond motifs is 1. The first-order chi connectivity index (χ1) is 19.0. The number of para-hydroxylation sites is 2. The summed E-state index contributed by atoms with van der Waals surface area (Å²) in [5, 5.41) is 18.2. The first kappa shape index (κ1) is 25.8. The van der Waals surface area contributed by atoms with Crippen LogP contribution in [0.5, 0.6) is 17.2 Å². The van der Waals surface area contributed by atoms with Gasteiger partial charge >= 0.3 is 0 Å². The van der Waals surface area contributed by atoms with E-state index in [1.807, 2.05) is 56.3 Å². The maximum Gasteiger partial charge on any atom is 0.255 e. The first-order valence-electron chi connectivity index (χ1n) is 12.6. The van der Waals surface area contributed by atoms with Crippen molar-refractivity contribution in [2.75, 3.05) is 24.4 Å². The number of hydrogen-bond acceptors (Lipinski definition) is 8. The van der Waals surface area contributed by atoms with Crippen LogP contribution in [0.15, 0.2) is 78.0 Å². The first-order valence-corrected chi connectivity index (χ1v) is 12.6. The van der Waals surface area contributed by atoms with Gasteiger partial charge in [-0.2, -0.15) is 4.68 Å². The number of carbonyl (C=O) groups is 1. The lowest BCUT2D eigenvalue weighted by Gasteiger charge is -2.28. The summed E-state index contributed by atoms with van der Waals surface area (Å²) in [6.07, 6.45) is 0. The summed E-state index contributed by atoms with van der Waals surface area (Å²) in [4.78, 5) is 13.7. The van der Waals surface area contributed by atoms with Crippen LogP contribution in [-0.4, -0.2) is 39.8 Å². The van der Waals surface area contributed by atoms with Crippen LogP contribution in [0.3, 0.4) is 0 Å². The molecule has 3 aromatic carbocycles. The Balaban J connectivity index is 1.49. The van der Waals surface area contributed by atoms with Crippen LogP contribution < -0.4 is 24.8 Å². The number of rotatable bonds is 9. The largest absolute Gasteiger partial charge is 0.495 e. The van der Waals surface area contributed by atoms with Crippen molar-refractivity contribution in [2.45, 2.75) is 33.4 Å². The highest BCUT2D eigenvalue weighted by Crippen LogP contribution is 2.39. The highest BCUT2D eigenvalue weighted by Gasteiger charge is 2.35. The summed E-state index contributed by atoms with van der Waals surface area (Å²) in [7, 11) is 1.56. The third-order valence-corrected chi connectivity index (χ3v) is 6.41. The number of aromatic nitrogens is 4. The SMILES string of the molecule is CCOc1cc(C2C(C(=O)Nc3ccccc3OC)=C(C)Nc3nnnn32)ccc1OCc1ccc(C)cc1. The third-order valence-electron chi connectivity index (χ3n) is 6.41. The number of nitrogens with zero attached hydrogens (tertiary/aromatic N) is 4. The summed E-state index contributed by atoms with van der Waals surface area (Å²) in [6.45, 7) is 6.63. The molecule has 4 aromatic rings. The molecule has 0 radical (unpaired) electrons. The number of amides is 1. The van der Waals surface area contributed by atoms with Crippen molar-refractivity contribution in [3.8, 4) is 17.2 Å². The molecule has 1 atom stereocenters. The molecule has 0 spiro atoms. The number of tetrazole rings is 1. The van der Waals surface area contributed by atoms with Crippen LogP contribution in [0.25, 0.3) is 0 Å². The van der Waals surface area contributed by atoms with Gasteiger partial charge in [-0.15, -0.1) is 0 Å². The highest BCUT2D eigenvalue weighted by molar-refractivity contribution is 6.06. The number of carbonyl (C=O) groups excluding carboxylic acids is 1. The van der Waals surface area contributed by atoms with Gasteiger partial charge in [-0.3, -0.25) is 4.79 Å². The van der Waals surface area contributed by atoms with E-state index in [4.69, 9.17) is 14.2 Å². The van der Waals surface area contributed by atoms with Gasteiger partial charge < -0.3 is 24.8 Å². The standard InChI is InChI=1S/C29H30N6O4/c1-5-38-25-16-21(14-15-24(25)39-17-20-12-10-18(2)11-13-20)27-26(19(3)30-29-32-33-34-35(27)29)28(36)31-22-8-6-7-9-23(22)37-4/h6-16,27H,5,17H2,1-4H3,(H,31,36)(H,30,32,34). The lowest BCUT2D eigenvalue weighted by Crippen LogP contribution is -2.31. The van der Waals surface area contributed by atoms with E-state index in [1.54, 1.807) is 23.9 Å². The number of nitrogens with one attached hydrogen (secondary N) is 2. The quantitative estimate of drug-likeness (QED) is 0.317. The van der Waals surface area contributed by atoms with Crippen molar-refractivity contribution >= 4 is 17.5 Å². The monoisotopic (exact) mass is 526 g/mol. The third kappa shape index (κ3) is 5.40. The minimum absolute atomic E-state index is 0.312. The number of anilines is 2. The van der Waals surface area contributed by atoms with E-state index in [0.29, 0.717) is 53.4 Å². The van der Waals surface area contributed by atoms with E-state index >= 15 is 0 Å². The van der Waals surface area contributed by atoms with Crippen LogP contribution >= 0.6 is 0 Å². The van der Waals surface area contributed by atoms with Gasteiger partial charge in [0.15, 0.2) is 11.5 Å². The number of aryl methyl sites for hydroxylation is 1. The topological polar surface area (TPSA) is 112 Å². The van der Waals surface area contributed by atoms with Crippen molar-refractivity contribution in [1.29, 1.82) is 0 Å². The molecule has 1 aromatic heterocycles. The Labute approximate surface area is 226 Å². The Morgan fingerprint density at radius 1 is 1.00 bits per heavy atom. The number of hydrogen-bond donors (Lipinski definition) is 2. The van der Waals surface area contributed by atoms with Gasteiger partial charge in [-0.05, 0) is 66.6 Å². The molecule has 1 aliphatic rings. The fourth-order valence-corrected chi connectivity index (χ4v) is 4.48. The van der Waals surface area contributed by atoms with Crippen LogP contribution in [0, 0.1) is 6.92 Å². The van der Waals surface area contributed by atoms with Crippen molar-refractivity contribution in [2.24, 2.45) is 0 Å². The maximum atomic E-state index is 13.7. The molecule has 10 heteroatoms. The number of benzene rings is 3. The zero-order valence-electron chi connectivity index (χ0n) is 22.3. The van der Waals surface area contributed by atoms with Crippen molar-refractivity contribution in [3.63, 3.8) is 0 Å². The minimum atomic E-state index is -0.615. The fourth-order valence-electron chi connectivity index (χ4n) is 4.48. The zero-order chi connectivity index (χ0) is 27.4. The fraction of sp³-hybridized carbons (Fsp3) is 0.241. The molecule has 5 rings (SSSR count). The van der Waals surface area contributed by atoms with Crippen molar-refractivity contribution in [1.82, 2.24) is 20.2 Å². The van der Waals surface area contributed by atoms with Gasteiger partial charge in [0, 0.05) is 5.70 Å². The summed E-state index contributed by atoms with van der Waals surface area (Å²) in [6, 6.07) is 20.5. The second-order valence-corrected chi connectivity index (χ2v) is 9.08. The molecule has 0 bridgehead atoms. The Morgan fingerprint density at radius 3 is 2.56 bits per heavy atom. The zero-order valence-corrected chi connectivity index (χ0v) is 22.3. The number of allylic oxidation sites excluding steroid dienone is 1. The number of ether oxygens (including phenoxy) is 3. The Bertz CT molecular complexity index is 1510. The number of methoxy groups -OCH3 is 1. The van der Waals surface area contributed by atoms with Gasteiger partial charge in [-0.1, -0.05) is 53.1 Å². The van der Waals surface area contributed by atoms with E-state index < -0.39 is 6.04 Å². The summed E-state index contributed by atoms with van der Waals surface area (Å²) in [5.41, 5.74) is 4.65. The van der Waals surface area contributed by atoms with Crippen LogP contribution in [0.1, 0.15) is 36.6 Å². The lowest BCUT2D eigenvalue weighted by molar-refractivity contribution is -0.113. The Morgan fingerprint density at radius 2 is 1.79 bits per heavy atom. The van der Waals surface area contributed by atoms with Gasteiger partial charge in [0.2, 0.25) is 5.95 Å². The summed E-state index contributed by atoms with van der Waals surface area (Å²) in [5.74, 6) is 1.85. The van der Waals surface area contributed by atoms with E-state index in [-0.39, 0.29) is 5.91 Å². The van der Waals surface area contributed by atoms with E-state index in [9.17, 15) is 4.79 Å². The predicted molar refractivity (Wildman–Crippen MR) is 147 cm³/mol. The molecule has 200 valence electrons. The molecule has 1 unspecified atom stereocenters. The molecule has 10 nitrogen and oxygen atoms in total. The van der Waals surface area contributed by atoms with Gasteiger partial charge in [0.1, 0.15) is 18.4 Å². The van der Waals surface area contributed by atoms with Crippen LogP contribution in [0.2, 0.25) is 0 Å². The summed E-state index contributed by atoms with van der Waals surface area (Å²) >= 11 is 0. The Kier molecular flexibility index (Phi) is 7.44. The highest BCUT2D eigenvalue weighted by atomic mass is 16.5. The summed E-state index contributed by atoms with van der Waals surface area (Å²) < 4.78 is 19.1. The molecule has 39 heavy (non-hydrogen) atoms. The normalized spacial score (nSPS) is 14.3. The maximum absolute atomic E-state index is 13.7. The van der Waals surface area contributed by atoms with E-state index in [0.717, 1.165) is 11.1 Å². The van der Waals surface area contributed by atoms with E-state index in [2.05, 4.69) is 45.2 Å². The second-order valence-electron chi connectivity index (χ2n) is 9.08. The molecule has 1 aliphatic heterocycles. The molecular formula is C29H30N6O4. The molecule has 2 heterocycles. The molecule has 0 saturated carbocycles. The minimum Gasteiger partial charge on any atom is -0.495 e. The molecule has 2 N–H and O–H groups in total.